The topological polar surface area (TPSA) is 68.7 Å². The number of rotatable bonds is 7. The summed E-state index contributed by atoms with van der Waals surface area (Å²) in [5.41, 5.74) is 1.54. The average molecular weight is 387 g/mol. The molecule has 27 heavy (non-hydrogen) atoms. The summed E-state index contributed by atoms with van der Waals surface area (Å²) in [5.74, 6) is -0.498. The first-order valence-corrected chi connectivity index (χ1v) is 9.13. The lowest BCUT2D eigenvalue weighted by molar-refractivity contribution is 0.0701. The van der Waals surface area contributed by atoms with Crippen LogP contribution in [0.15, 0.2) is 42.5 Å². The maximum atomic E-state index is 13.9. The summed E-state index contributed by atoms with van der Waals surface area (Å²) in [6.07, 6.45) is 0.507. The molecule has 2 aromatic carbocycles. The summed E-state index contributed by atoms with van der Waals surface area (Å²) in [4.78, 5) is 16.1. The molecule has 0 unspecified atom stereocenters. The number of aryl methyl sites for hydroxylation is 1. The second kappa shape index (κ2) is 8.18. The lowest BCUT2D eigenvalue weighted by atomic mass is 10.2. The average Bonchev–Trinajstić information content (AvgIpc) is 3.11. The van der Waals surface area contributed by atoms with E-state index in [0.29, 0.717) is 39.7 Å². The Kier molecular flexibility index (Phi) is 5.71. The predicted molar refractivity (Wildman–Crippen MR) is 101 cm³/mol. The van der Waals surface area contributed by atoms with Crippen LogP contribution in [0.1, 0.15) is 27.9 Å². The molecule has 0 saturated heterocycles. The molecule has 1 aromatic heterocycles. The quantitative estimate of drug-likeness (QED) is 0.631. The first-order valence-electron chi connectivity index (χ1n) is 8.31. The number of benzene rings is 2. The van der Waals surface area contributed by atoms with Gasteiger partial charge in [0.25, 0.3) is 0 Å². The van der Waals surface area contributed by atoms with E-state index in [1.165, 1.54) is 13.2 Å². The molecule has 1 heterocycles. The summed E-state index contributed by atoms with van der Waals surface area (Å²) < 4.78 is 25.2. The van der Waals surface area contributed by atoms with Gasteiger partial charge in [-0.15, -0.1) is 11.3 Å². The molecule has 0 amide bonds. The van der Waals surface area contributed by atoms with E-state index in [-0.39, 0.29) is 17.3 Å². The summed E-state index contributed by atoms with van der Waals surface area (Å²) >= 11 is 1.08. The van der Waals surface area contributed by atoms with Gasteiger partial charge >= 0.3 is 5.97 Å². The summed E-state index contributed by atoms with van der Waals surface area (Å²) in [6.45, 7) is 1.87. The molecule has 0 aliphatic heterocycles. The number of aromatic nitrogens is 1. The highest BCUT2D eigenvalue weighted by molar-refractivity contribution is 7.17. The van der Waals surface area contributed by atoms with Crippen LogP contribution in [-0.4, -0.2) is 23.2 Å². The Balaban J connectivity index is 2.01. The smallest absolute Gasteiger partial charge is 0.347 e. The van der Waals surface area contributed by atoms with Crippen molar-refractivity contribution in [3.05, 3.63) is 64.4 Å². The fraction of sp³-hybridized carbons (Fsp3) is 0.200. The van der Waals surface area contributed by atoms with Gasteiger partial charge in [0, 0.05) is 5.56 Å². The third-order valence-electron chi connectivity index (χ3n) is 3.99. The summed E-state index contributed by atoms with van der Waals surface area (Å²) in [6, 6.07) is 11.6. The largest absolute Gasteiger partial charge is 0.493 e. The lowest BCUT2D eigenvalue weighted by Gasteiger charge is -2.14. The Labute approximate surface area is 160 Å². The van der Waals surface area contributed by atoms with Crippen molar-refractivity contribution in [2.24, 2.45) is 0 Å². The second-order valence-corrected chi connectivity index (χ2v) is 6.67. The third kappa shape index (κ3) is 3.93. The number of carbonyl (C=O) groups is 1. The van der Waals surface area contributed by atoms with Gasteiger partial charge in [0.15, 0.2) is 11.5 Å². The predicted octanol–water partition coefficient (Wildman–Crippen LogP) is 4.80. The van der Waals surface area contributed by atoms with Gasteiger partial charge in [0.1, 0.15) is 22.3 Å². The van der Waals surface area contributed by atoms with Gasteiger partial charge in [0.05, 0.1) is 18.4 Å². The molecular formula is C20H18FNO4S. The Bertz CT molecular complexity index is 970. The molecule has 5 nitrogen and oxygen atoms in total. The van der Waals surface area contributed by atoms with Gasteiger partial charge in [-0.1, -0.05) is 31.2 Å². The minimum absolute atomic E-state index is 0.0118. The minimum atomic E-state index is -1.01. The number of halogens is 1. The van der Waals surface area contributed by atoms with Crippen LogP contribution < -0.4 is 9.47 Å². The highest BCUT2D eigenvalue weighted by Crippen LogP contribution is 2.41. The number of carboxylic acid groups (broad SMARTS) is 1. The van der Waals surface area contributed by atoms with Crippen molar-refractivity contribution in [3.63, 3.8) is 0 Å². The number of methoxy groups -OCH3 is 1. The van der Waals surface area contributed by atoms with Crippen molar-refractivity contribution >= 4 is 17.3 Å². The molecule has 0 atom stereocenters. The molecule has 0 aliphatic carbocycles. The van der Waals surface area contributed by atoms with E-state index >= 15 is 0 Å². The molecule has 7 heteroatoms. The first kappa shape index (κ1) is 18.8. The SMILES string of the molecule is CCc1nc(-c2cccc(OC)c2OCc2ccccc2F)sc1C(=O)O. The Morgan fingerprint density at radius 1 is 1.22 bits per heavy atom. The Morgan fingerprint density at radius 2 is 2.00 bits per heavy atom. The molecule has 0 spiro atoms. The zero-order chi connectivity index (χ0) is 19.4. The fourth-order valence-electron chi connectivity index (χ4n) is 2.63. The van der Waals surface area contributed by atoms with Crippen molar-refractivity contribution in [1.29, 1.82) is 0 Å². The number of hydrogen-bond acceptors (Lipinski definition) is 5. The molecule has 0 saturated carbocycles. The van der Waals surface area contributed by atoms with Crippen LogP contribution in [0.4, 0.5) is 4.39 Å². The van der Waals surface area contributed by atoms with E-state index in [4.69, 9.17) is 9.47 Å². The Hall–Kier alpha value is -2.93. The van der Waals surface area contributed by atoms with E-state index < -0.39 is 5.97 Å². The zero-order valence-electron chi connectivity index (χ0n) is 14.9. The van der Waals surface area contributed by atoms with Crippen molar-refractivity contribution in [2.75, 3.05) is 7.11 Å². The van der Waals surface area contributed by atoms with Crippen molar-refractivity contribution in [3.8, 4) is 22.1 Å². The number of hydrogen-bond donors (Lipinski definition) is 1. The van der Waals surface area contributed by atoms with E-state index in [1.807, 2.05) is 6.92 Å². The molecule has 0 bridgehead atoms. The number of aromatic carboxylic acids is 1. The summed E-state index contributed by atoms with van der Waals surface area (Å²) in [5, 5.41) is 9.90. The molecule has 140 valence electrons. The maximum absolute atomic E-state index is 13.9. The first-order chi connectivity index (χ1) is 13.0. The molecule has 0 radical (unpaired) electrons. The van der Waals surface area contributed by atoms with Gasteiger partial charge in [-0.25, -0.2) is 14.2 Å². The van der Waals surface area contributed by atoms with E-state index in [9.17, 15) is 14.3 Å². The highest BCUT2D eigenvalue weighted by atomic mass is 32.1. The van der Waals surface area contributed by atoms with Gasteiger partial charge in [-0.3, -0.25) is 0 Å². The van der Waals surface area contributed by atoms with E-state index in [1.54, 1.807) is 36.4 Å². The molecule has 3 rings (SSSR count). The third-order valence-corrected chi connectivity index (χ3v) is 5.10. The zero-order valence-corrected chi connectivity index (χ0v) is 15.7. The van der Waals surface area contributed by atoms with Crippen LogP contribution >= 0.6 is 11.3 Å². The highest BCUT2D eigenvalue weighted by Gasteiger charge is 2.21. The molecule has 0 aliphatic rings. The number of thiazole rings is 1. The fourth-order valence-corrected chi connectivity index (χ4v) is 3.65. The van der Waals surface area contributed by atoms with Gasteiger partial charge in [-0.05, 0) is 24.6 Å². The van der Waals surface area contributed by atoms with Crippen LogP contribution in [0.25, 0.3) is 10.6 Å². The van der Waals surface area contributed by atoms with E-state index in [2.05, 4.69) is 4.98 Å². The summed E-state index contributed by atoms with van der Waals surface area (Å²) in [7, 11) is 1.51. The number of para-hydroxylation sites is 1. The molecular weight excluding hydrogens is 369 g/mol. The number of carboxylic acids is 1. The van der Waals surface area contributed by atoms with Crippen LogP contribution in [-0.2, 0) is 13.0 Å². The maximum Gasteiger partial charge on any atom is 0.347 e. The van der Waals surface area contributed by atoms with Gasteiger partial charge in [0.2, 0.25) is 0 Å². The van der Waals surface area contributed by atoms with Gasteiger partial charge in [-0.2, -0.15) is 0 Å². The van der Waals surface area contributed by atoms with Crippen LogP contribution in [0.5, 0.6) is 11.5 Å². The minimum Gasteiger partial charge on any atom is -0.493 e. The molecule has 3 aromatic rings. The van der Waals surface area contributed by atoms with Crippen molar-refractivity contribution in [1.82, 2.24) is 4.98 Å². The van der Waals surface area contributed by atoms with Crippen molar-refractivity contribution < 1.29 is 23.8 Å². The van der Waals surface area contributed by atoms with Crippen LogP contribution in [0, 0.1) is 5.82 Å². The number of nitrogens with zero attached hydrogens (tertiary/aromatic N) is 1. The van der Waals surface area contributed by atoms with Crippen molar-refractivity contribution in [2.45, 2.75) is 20.0 Å². The molecule has 1 N–H and O–H groups in total. The normalized spacial score (nSPS) is 10.6. The van der Waals surface area contributed by atoms with E-state index in [0.717, 1.165) is 11.3 Å². The molecule has 0 fully saturated rings. The van der Waals surface area contributed by atoms with Gasteiger partial charge < -0.3 is 14.6 Å². The van der Waals surface area contributed by atoms with Crippen LogP contribution in [0.3, 0.4) is 0 Å². The second-order valence-electron chi connectivity index (χ2n) is 5.67. The number of ether oxygens (including phenoxy) is 2. The lowest BCUT2D eigenvalue weighted by Crippen LogP contribution is -2.01. The standard InChI is InChI=1S/C20H18FNO4S/c1-3-15-18(20(23)24)27-19(22-15)13-8-6-10-16(25-2)17(13)26-11-12-7-4-5-9-14(12)21/h4-10H,3,11H2,1-2H3,(H,23,24). The Morgan fingerprint density at radius 3 is 2.63 bits per heavy atom. The van der Waals surface area contributed by atoms with Crippen LogP contribution in [0.2, 0.25) is 0 Å². The monoisotopic (exact) mass is 387 g/mol.